The minimum Gasteiger partial charge on any atom is -0.377 e. The molecule has 5 nitrogen and oxygen atoms in total. The van der Waals surface area contributed by atoms with Gasteiger partial charge in [-0.3, -0.25) is 4.90 Å². The van der Waals surface area contributed by atoms with E-state index in [2.05, 4.69) is 27.0 Å². The van der Waals surface area contributed by atoms with Crippen molar-refractivity contribution in [2.45, 2.75) is 25.4 Å². The molecule has 3 heterocycles. The number of carbonyl (C=O) groups is 1. The summed E-state index contributed by atoms with van der Waals surface area (Å²) in [6.07, 6.45) is 3.69. The first-order valence-electron chi connectivity index (χ1n) is 8.19. The third kappa shape index (κ3) is 4.44. The molecule has 0 bridgehead atoms. The van der Waals surface area contributed by atoms with E-state index in [9.17, 15) is 4.79 Å². The zero-order chi connectivity index (χ0) is 15.2. The average Bonchev–Trinajstić information content (AvgIpc) is 3.21. The first-order chi connectivity index (χ1) is 10.8. The van der Waals surface area contributed by atoms with E-state index in [-0.39, 0.29) is 6.03 Å². The van der Waals surface area contributed by atoms with Crippen LogP contribution in [0.3, 0.4) is 0 Å². The van der Waals surface area contributed by atoms with Gasteiger partial charge < -0.3 is 15.0 Å². The molecule has 0 aromatic carbocycles. The third-order valence-corrected chi connectivity index (χ3v) is 5.15. The number of piperazine rings is 1. The lowest BCUT2D eigenvalue weighted by molar-refractivity contribution is 0.0561. The molecule has 0 spiro atoms. The van der Waals surface area contributed by atoms with Gasteiger partial charge in [-0.05, 0) is 41.7 Å². The molecule has 122 valence electrons. The van der Waals surface area contributed by atoms with E-state index in [4.69, 9.17) is 4.74 Å². The van der Waals surface area contributed by atoms with Gasteiger partial charge in [-0.15, -0.1) is 0 Å². The molecular weight excluding hydrogens is 298 g/mol. The average molecular weight is 323 g/mol. The van der Waals surface area contributed by atoms with Gasteiger partial charge in [0.15, 0.2) is 0 Å². The monoisotopic (exact) mass is 323 g/mol. The SMILES string of the molecule is O=C(NCCc1ccsc1)N1CCN(CC2CCCO2)CC1. The van der Waals surface area contributed by atoms with Gasteiger partial charge in [-0.1, -0.05) is 0 Å². The normalized spacial score (nSPS) is 22.9. The van der Waals surface area contributed by atoms with Gasteiger partial charge in [0.2, 0.25) is 0 Å². The van der Waals surface area contributed by atoms with Crippen molar-refractivity contribution >= 4 is 17.4 Å². The Morgan fingerprint density at radius 1 is 1.36 bits per heavy atom. The summed E-state index contributed by atoms with van der Waals surface area (Å²) in [5, 5.41) is 7.24. The maximum Gasteiger partial charge on any atom is 0.317 e. The fraction of sp³-hybridized carbons (Fsp3) is 0.688. The summed E-state index contributed by atoms with van der Waals surface area (Å²) in [6, 6.07) is 2.19. The largest absolute Gasteiger partial charge is 0.377 e. The molecule has 2 aliphatic rings. The Morgan fingerprint density at radius 3 is 2.91 bits per heavy atom. The van der Waals surface area contributed by atoms with Gasteiger partial charge >= 0.3 is 6.03 Å². The summed E-state index contributed by atoms with van der Waals surface area (Å²) in [5.74, 6) is 0. The molecule has 1 N–H and O–H groups in total. The second kappa shape index (κ2) is 7.94. The molecule has 0 aliphatic carbocycles. The van der Waals surface area contributed by atoms with Crippen LogP contribution in [0.4, 0.5) is 4.79 Å². The van der Waals surface area contributed by atoms with Crippen LogP contribution in [0.25, 0.3) is 0 Å². The van der Waals surface area contributed by atoms with E-state index in [0.717, 1.165) is 45.8 Å². The van der Waals surface area contributed by atoms with Gasteiger partial charge in [0.1, 0.15) is 0 Å². The van der Waals surface area contributed by atoms with Crippen molar-refractivity contribution < 1.29 is 9.53 Å². The van der Waals surface area contributed by atoms with Gasteiger partial charge in [-0.25, -0.2) is 4.79 Å². The quantitative estimate of drug-likeness (QED) is 0.899. The van der Waals surface area contributed by atoms with Gasteiger partial charge in [0.25, 0.3) is 0 Å². The molecule has 0 radical (unpaired) electrons. The van der Waals surface area contributed by atoms with Gasteiger partial charge in [0.05, 0.1) is 6.10 Å². The molecule has 1 unspecified atom stereocenters. The molecule has 22 heavy (non-hydrogen) atoms. The number of hydrogen-bond acceptors (Lipinski definition) is 4. The second-order valence-corrected chi connectivity index (χ2v) is 6.82. The molecule has 2 aliphatic heterocycles. The lowest BCUT2D eigenvalue weighted by Crippen LogP contribution is -2.53. The van der Waals surface area contributed by atoms with Crippen LogP contribution >= 0.6 is 11.3 Å². The van der Waals surface area contributed by atoms with Crippen molar-refractivity contribution in [1.82, 2.24) is 15.1 Å². The summed E-state index contributed by atoms with van der Waals surface area (Å²) in [5.41, 5.74) is 1.30. The lowest BCUT2D eigenvalue weighted by atomic mass is 10.2. The van der Waals surface area contributed by atoms with Crippen LogP contribution in [0.5, 0.6) is 0 Å². The molecular formula is C16H25N3O2S. The number of urea groups is 1. The van der Waals surface area contributed by atoms with E-state index in [1.54, 1.807) is 11.3 Å². The summed E-state index contributed by atoms with van der Waals surface area (Å²) in [6.45, 7) is 6.19. The predicted octanol–water partition coefficient (Wildman–Crippen LogP) is 1.80. The van der Waals surface area contributed by atoms with Crippen LogP contribution in [0.1, 0.15) is 18.4 Å². The highest BCUT2D eigenvalue weighted by atomic mass is 32.1. The van der Waals surface area contributed by atoms with Crippen LogP contribution < -0.4 is 5.32 Å². The predicted molar refractivity (Wildman–Crippen MR) is 88.4 cm³/mol. The van der Waals surface area contributed by atoms with Crippen molar-refractivity contribution in [2.75, 3.05) is 45.9 Å². The van der Waals surface area contributed by atoms with Gasteiger partial charge in [-0.2, -0.15) is 11.3 Å². The summed E-state index contributed by atoms with van der Waals surface area (Å²) in [4.78, 5) is 16.5. The fourth-order valence-corrected chi connectivity index (χ4v) is 3.77. The minimum atomic E-state index is 0.0759. The highest BCUT2D eigenvalue weighted by Gasteiger charge is 2.24. The topological polar surface area (TPSA) is 44.8 Å². The lowest BCUT2D eigenvalue weighted by Gasteiger charge is -2.35. The van der Waals surface area contributed by atoms with Crippen molar-refractivity contribution in [3.05, 3.63) is 22.4 Å². The number of carbonyl (C=O) groups excluding carboxylic acids is 1. The number of thiophene rings is 1. The number of amides is 2. The van der Waals surface area contributed by atoms with Crippen LogP contribution in [0.15, 0.2) is 16.8 Å². The highest BCUT2D eigenvalue weighted by Crippen LogP contribution is 2.14. The van der Waals surface area contributed by atoms with Crippen LogP contribution in [0.2, 0.25) is 0 Å². The van der Waals surface area contributed by atoms with Crippen molar-refractivity contribution in [2.24, 2.45) is 0 Å². The Hall–Kier alpha value is -1.11. The number of nitrogens with one attached hydrogen (secondary N) is 1. The first-order valence-corrected chi connectivity index (χ1v) is 9.13. The second-order valence-electron chi connectivity index (χ2n) is 6.04. The molecule has 2 saturated heterocycles. The molecule has 1 atom stereocenters. The fourth-order valence-electron chi connectivity index (χ4n) is 3.07. The maximum atomic E-state index is 12.2. The van der Waals surface area contributed by atoms with Crippen molar-refractivity contribution in [3.63, 3.8) is 0 Å². The molecule has 1 aromatic rings. The molecule has 1 aromatic heterocycles. The molecule has 0 saturated carbocycles. The van der Waals surface area contributed by atoms with E-state index >= 15 is 0 Å². The van der Waals surface area contributed by atoms with Crippen molar-refractivity contribution in [1.29, 1.82) is 0 Å². The third-order valence-electron chi connectivity index (χ3n) is 4.42. The van der Waals surface area contributed by atoms with Crippen molar-refractivity contribution in [3.8, 4) is 0 Å². The number of rotatable bonds is 5. The molecule has 2 fully saturated rings. The highest BCUT2D eigenvalue weighted by molar-refractivity contribution is 7.07. The molecule has 2 amide bonds. The number of ether oxygens (including phenoxy) is 1. The van der Waals surface area contributed by atoms with Crippen LogP contribution in [0, 0.1) is 0 Å². The molecule has 6 heteroatoms. The summed E-state index contributed by atoms with van der Waals surface area (Å²) < 4.78 is 5.68. The van der Waals surface area contributed by atoms with E-state index < -0.39 is 0 Å². The summed E-state index contributed by atoms with van der Waals surface area (Å²) >= 11 is 1.70. The Balaban J connectivity index is 1.32. The van der Waals surface area contributed by atoms with E-state index in [1.807, 2.05) is 4.90 Å². The van der Waals surface area contributed by atoms with Gasteiger partial charge in [0, 0.05) is 45.9 Å². The first kappa shape index (κ1) is 15.8. The zero-order valence-corrected chi connectivity index (χ0v) is 13.8. The minimum absolute atomic E-state index is 0.0759. The molecule has 3 rings (SSSR count). The standard InChI is InChI=1S/C16H25N3O2S/c20-16(17-5-3-14-4-11-22-13-14)19-8-6-18(7-9-19)12-15-2-1-10-21-15/h4,11,13,15H,1-3,5-10,12H2,(H,17,20). The Bertz CT molecular complexity index is 452. The van der Waals surface area contributed by atoms with Crippen LogP contribution in [-0.4, -0.2) is 67.8 Å². The Morgan fingerprint density at radius 2 is 2.23 bits per heavy atom. The number of nitrogens with zero attached hydrogens (tertiary/aromatic N) is 2. The van der Waals surface area contributed by atoms with E-state index in [1.165, 1.54) is 18.4 Å². The Labute approximate surface area is 136 Å². The maximum absolute atomic E-state index is 12.2. The van der Waals surface area contributed by atoms with E-state index in [0.29, 0.717) is 12.6 Å². The number of hydrogen-bond donors (Lipinski definition) is 1. The Kier molecular flexibility index (Phi) is 5.70. The summed E-state index contributed by atoms with van der Waals surface area (Å²) in [7, 11) is 0. The smallest absolute Gasteiger partial charge is 0.317 e. The zero-order valence-electron chi connectivity index (χ0n) is 13.0. The van der Waals surface area contributed by atoms with Crippen LogP contribution in [-0.2, 0) is 11.2 Å².